The van der Waals surface area contributed by atoms with E-state index in [4.69, 9.17) is 4.74 Å². The van der Waals surface area contributed by atoms with Crippen LogP contribution in [-0.4, -0.2) is 23.9 Å². The van der Waals surface area contributed by atoms with Gasteiger partial charge in [-0.1, -0.05) is 18.2 Å². The third-order valence-corrected chi connectivity index (χ3v) is 3.03. The summed E-state index contributed by atoms with van der Waals surface area (Å²) in [5.41, 5.74) is 0.728. The highest BCUT2D eigenvalue weighted by atomic mass is 16.5. The number of nitrogens with zero attached hydrogens (tertiary/aromatic N) is 1. The van der Waals surface area contributed by atoms with Crippen LogP contribution in [0.2, 0.25) is 0 Å². The van der Waals surface area contributed by atoms with E-state index in [1.807, 2.05) is 31.2 Å². The van der Waals surface area contributed by atoms with E-state index in [1.54, 1.807) is 7.05 Å². The molecule has 1 unspecified atom stereocenters. The average molecular weight is 193 g/mol. The Morgan fingerprint density at radius 2 is 2.14 bits per heavy atom. The van der Waals surface area contributed by atoms with E-state index >= 15 is 0 Å². The summed E-state index contributed by atoms with van der Waals surface area (Å²) in [4.78, 5) is 0. The third-order valence-electron chi connectivity index (χ3n) is 3.03. The second-order valence-electron chi connectivity index (χ2n) is 3.89. The lowest BCUT2D eigenvalue weighted by Crippen LogP contribution is -2.42. The molecule has 0 aliphatic carbocycles. The fourth-order valence-corrected chi connectivity index (χ4v) is 1.87. The van der Waals surface area contributed by atoms with E-state index in [2.05, 4.69) is 0 Å². The summed E-state index contributed by atoms with van der Waals surface area (Å²) in [5.74, 6) is 0.877. The molecule has 1 heterocycles. The van der Waals surface area contributed by atoms with Crippen LogP contribution in [0.5, 0.6) is 5.75 Å². The lowest BCUT2D eigenvalue weighted by Gasteiger charge is -2.39. The number of benzene rings is 1. The van der Waals surface area contributed by atoms with Gasteiger partial charge in [0.2, 0.25) is 0 Å². The van der Waals surface area contributed by atoms with Crippen molar-refractivity contribution in [3.63, 3.8) is 0 Å². The average Bonchev–Trinajstić information content (AvgIpc) is 2.18. The molecule has 1 aromatic carbocycles. The molecule has 1 aliphatic heterocycles. The maximum absolute atomic E-state index is 9.66. The van der Waals surface area contributed by atoms with Crippen LogP contribution >= 0.6 is 0 Å². The molecule has 0 saturated heterocycles. The highest BCUT2D eigenvalue weighted by Gasteiger charge is 2.36. The minimum Gasteiger partial charge on any atom is -0.493 e. The molecule has 3 heteroatoms. The molecule has 1 aromatic rings. The van der Waals surface area contributed by atoms with Crippen molar-refractivity contribution >= 4 is 0 Å². The second kappa shape index (κ2) is 3.26. The number of hydroxylamine groups is 2. The zero-order valence-electron chi connectivity index (χ0n) is 8.53. The predicted molar refractivity (Wildman–Crippen MR) is 53.5 cm³/mol. The van der Waals surface area contributed by atoms with Gasteiger partial charge >= 0.3 is 0 Å². The smallest absolute Gasteiger partial charge is 0.124 e. The lowest BCUT2D eigenvalue weighted by molar-refractivity contribution is -0.160. The van der Waals surface area contributed by atoms with Crippen molar-refractivity contribution in [3.8, 4) is 5.75 Å². The molecule has 0 amide bonds. The number of ether oxygens (including phenoxy) is 1. The van der Waals surface area contributed by atoms with Gasteiger partial charge in [-0.2, -0.15) is 5.06 Å². The highest BCUT2D eigenvalue weighted by Crippen LogP contribution is 2.39. The van der Waals surface area contributed by atoms with Gasteiger partial charge in [0, 0.05) is 19.0 Å². The lowest BCUT2D eigenvalue weighted by atomic mass is 9.86. The van der Waals surface area contributed by atoms with Gasteiger partial charge in [-0.3, -0.25) is 0 Å². The first-order valence-corrected chi connectivity index (χ1v) is 4.79. The third kappa shape index (κ3) is 1.29. The van der Waals surface area contributed by atoms with Crippen molar-refractivity contribution in [1.82, 2.24) is 5.06 Å². The summed E-state index contributed by atoms with van der Waals surface area (Å²) in [6, 6.07) is 7.86. The Morgan fingerprint density at radius 1 is 1.43 bits per heavy atom. The summed E-state index contributed by atoms with van der Waals surface area (Å²) in [6.07, 6.45) is 0.803. The molecule has 0 radical (unpaired) electrons. The van der Waals surface area contributed by atoms with Crippen molar-refractivity contribution in [3.05, 3.63) is 29.8 Å². The Hall–Kier alpha value is -1.06. The van der Waals surface area contributed by atoms with Crippen LogP contribution in [0, 0.1) is 0 Å². The standard InChI is InChI=1S/C11H15NO2/c1-11(12(2)13)7-8-14-10-6-4-3-5-9(10)11/h3-6,13H,7-8H2,1-2H3. The number of hydrogen-bond donors (Lipinski definition) is 1. The maximum Gasteiger partial charge on any atom is 0.124 e. The Kier molecular flexibility index (Phi) is 2.21. The highest BCUT2D eigenvalue weighted by molar-refractivity contribution is 5.40. The molecule has 1 N–H and O–H groups in total. The summed E-state index contributed by atoms with van der Waals surface area (Å²) in [5, 5.41) is 10.9. The fourth-order valence-electron chi connectivity index (χ4n) is 1.87. The molecule has 1 atom stereocenters. The Labute approximate surface area is 83.9 Å². The maximum atomic E-state index is 9.66. The molecule has 0 fully saturated rings. The number of rotatable bonds is 1. The molecule has 76 valence electrons. The van der Waals surface area contributed by atoms with E-state index in [1.165, 1.54) is 5.06 Å². The number of hydrogen-bond acceptors (Lipinski definition) is 3. The first-order chi connectivity index (χ1) is 6.64. The van der Waals surface area contributed by atoms with Crippen LogP contribution in [0.25, 0.3) is 0 Å². The Morgan fingerprint density at radius 3 is 2.86 bits per heavy atom. The van der Waals surface area contributed by atoms with Gasteiger partial charge in [0.25, 0.3) is 0 Å². The molecule has 2 rings (SSSR count). The fraction of sp³-hybridized carbons (Fsp3) is 0.455. The summed E-state index contributed by atoms with van der Waals surface area (Å²) >= 11 is 0. The van der Waals surface area contributed by atoms with Crippen molar-refractivity contribution in [2.24, 2.45) is 0 Å². The second-order valence-corrected chi connectivity index (χ2v) is 3.89. The van der Waals surface area contributed by atoms with Crippen LogP contribution in [0.3, 0.4) is 0 Å². The monoisotopic (exact) mass is 193 g/mol. The largest absolute Gasteiger partial charge is 0.493 e. The first kappa shape index (κ1) is 9.49. The molecule has 0 saturated carbocycles. The van der Waals surface area contributed by atoms with Gasteiger partial charge in [0.1, 0.15) is 5.75 Å². The van der Waals surface area contributed by atoms with E-state index in [9.17, 15) is 5.21 Å². The van der Waals surface area contributed by atoms with Gasteiger partial charge in [-0.05, 0) is 13.0 Å². The van der Waals surface area contributed by atoms with Crippen molar-refractivity contribution in [2.75, 3.05) is 13.7 Å². The minimum atomic E-state index is -0.325. The molecule has 1 aliphatic rings. The van der Waals surface area contributed by atoms with Gasteiger partial charge in [0.15, 0.2) is 0 Å². The Balaban J connectivity index is 2.50. The van der Waals surface area contributed by atoms with Crippen molar-refractivity contribution < 1.29 is 9.94 Å². The molecule has 0 bridgehead atoms. The van der Waals surface area contributed by atoms with Gasteiger partial charge in [-0.15, -0.1) is 0 Å². The molecule has 3 nitrogen and oxygen atoms in total. The molecule has 0 aromatic heterocycles. The van der Waals surface area contributed by atoms with Crippen LogP contribution in [0.1, 0.15) is 18.9 Å². The van der Waals surface area contributed by atoms with E-state index in [0.29, 0.717) is 6.61 Å². The van der Waals surface area contributed by atoms with E-state index < -0.39 is 0 Å². The normalized spacial score (nSPS) is 25.7. The Bertz CT molecular complexity index is 338. The van der Waals surface area contributed by atoms with Gasteiger partial charge in [-0.25, -0.2) is 0 Å². The predicted octanol–water partition coefficient (Wildman–Crippen LogP) is 2.01. The zero-order chi connectivity index (χ0) is 10.2. The first-order valence-electron chi connectivity index (χ1n) is 4.79. The number of fused-ring (bicyclic) bond motifs is 1. The van der Waals surface area contributed by atoms with E-state index in [-0.39, 0.29) is 5.54 Å². The molecule has 14 heavy (non-hydrogen) atoms. The summed E-state index contributed by atoms with van der Waals surface area (Å²) in [6.45, 7) is 2.67. The van der Waals surface area contributed by atoms with Crippen LogP contribution in [0.15, 0.2) is 24.3 Å². The van der Waals surface area contributed by atoms with Crippen LogP contribution in [0.4, 0.5) is 0 Å². The molecular weight excluding hydrogens is 178 g/mol. The molecule has 0 spiro atoms. The summed E-state index contributed by atoms with van der Waals surface area (Å²) < 4.78 is 5.53. The van der Waals surface area contributed by atoms with Crippen molar-refractivity contribution in [2.45, 2.75) is 18.9 Å². The van der Waals surface area contributed by atoms with Crippen LogP contribution in [-0.2, 0) is 5.54 Å². The zero-order valence-corrected chi connectivity index (χ0v) is 8.53. The van der Waals surface area contributed by atoms with Crippen LogP contribution < -0.4 is 4.74 Å². The number of para-hydroxylation sites is 1. The van der Waals surface area contributed by atoms with E-state index in [0.717, 1.165) is 17.7 Å². The topological polar surface area (TPSA) is 32.7 Å². The SMILES string of the molecule is CN(O)C1(C)CCOc2ccccc21. The summed E-state index contributed by atoms with van der Waals surface area (Å²) in [7, 11) is 1.68. The molecular formula is C11H15NO2. The van der Waals surface area contributed by atoms with Crippen molar-refractivity contribution in [1.29, 1.82) is 0 Å². The van der Waals surface area contributed by atoms with Gasteiger partial charge in [0.05, 0.1) is 12.1 Å². The quantitative estimate of drug-likeness (QED) is 0.692. The minimum absolute atomic E-state index is 0.325. The van der Waals surface area contributed by atoms with Gasteiger partial charge < -0.3 is 9.94 Å².